The van der Waals surface area contributed by atoms with Crippen molar-refractivity contribution in [2.75, 3.05) is 30.9 Å². The van der Waals surface area contributed by atoms with Gasteiger partial charge in [0.25, 0.3) is 15.9 Å². The molecule has 0 aromatic heterocycles. The predicted molar refractivity (Wildman–Crippen MR) is 87.0 cm³/mol. The van der Waals surface area contributed by atoms with Gasteiger partial charge in [0.15, 0.2) is 0 Å². The summed E-state index contributed by atoms with van der Waals surface area (Å²) in [4.78, 5) is 14.2. The Hall–Kier alpha value is -1.41. The van der Waals surface area contributed by atoms with Crippen LogP contribution in [-0.4, -0.2) is 54.3 Å². The van der Waals surface area contributed by atoms with Gasteiger partial charge in [-0.15, -0.1) is 3.77 Å². The standard InChI is InChI=1S/C14H20N2O4S2/c1-11-5-4-6-12(2)13(11)14(17)16-7-9-22(20,10-8-16)15-21(3,18)19/h4-6H,7-10H2,1-3H3. The summed E-state index contributed by atoms with van der Waals surface area (Å²) in [6, 6.07) is 5.66. The fourth-order valence-corrected chi connectivity index (χ4v) is 6.34. The Kier molecular flexibility index (Phi) is 4.62. The summed E-state index contributed by atoms with van der Waals surface area (Å²) in [5, 5.41) is 0. The number of rotatable bonds is 2. The summed E-state index contributed by atoms with van der Waals surface area (Å²) >= 11 is 0. The van der Waals surface area contributed by atoms with E-state index in [9.17, 15) is 17.4 Å². The summed E-state index contributed by atoms with van der Waals surface area (Å²) in [5.41, 5.74) is 2.46. The lowest BCUT2D eigenvalue weighted by Gasteiger charge is -2.29. The molecule has 1 saturated heterocycles. The van der Waals surface area contributed by atoms with E-state index in [1.54, 1.807) is 4.90 Å². The summed E-state index contributed by atoms with van der Waals surface area (Å²) in [6.45, 7) is 4.27. The molecule has 22 heavy (non-hydrogen) atoms. The number of carbonyl (C=O) groups excluding carboxylic acids is 1. The molecule has 1 aliphatic heterocycles. The third-order valence-corrected chi connectivity index (χ3v) is 7.42. The number of aryl methyl sites for hydroxylation is 2. The molecule has 0 unspecified atom stereocenters. The molecule has 122 valence electrons. The summed E-state index contributed by atoms with van der Waals surface area (Å²) in [7, 11) is -6.41. The topological polar surface area (TPSA) is 83.9 Å². The van der Waals surface area contributed by atoms with Gasteiger partial charge in [0.2, 0.25) is 0 Å². The van der Waals surface area contributed by atoms with Crippen LogP contribution in [-0.2, 0) is 19.8 Å². The molecule has 0 saturated carbocycles. The second kappa shape index (κ2) is 6.00. The Labute approximate surface area is 131 Å². The van der Waals surface area contributed by atoms with E-state index in [1.165, 1.54) is 0 Å². The van der Waals surface area contributed by atoms with Gasteiger partial charge in [-0.1, -0.05) is 18.2 Å². The third-order valence-electron chi connectivity index (χ3n) is 3.61. The minimum atomic E-state index is -3.64. The van der Waals surface area contributed by atoms with E-state index >= 15 is 0 Å². The quantitative estimate of drug-likeness (QED) is 0.806. The normalized spacial score (nSPS) is 18.0. The number of hydrogen-bond donors (Lipinski definition) is 0. The molecule has 2 rings (SSSR count). The maximum Gasteiger partial charge on any atom is 0.257 e. The zero-order valence-electron chi connectivity index (χ0n) is 12.9. The first-order valence-electron chi connectivity index (χ1n) is 6.90. The van der Waals surface area contributed by atoms with E-state index in [-0.39, 0.29) is 30.5 Å². The Bertz CT molecular complexity index is 787. The Morgan fingerprint density at radius 1 is 1.18 bits per heavy atom. The molecular formula is C14H20N2O4S2. The van der Waals surface area contributed by atoms with E-state index in [0.29, 0.717) is 5.56 Å². The summed E-state index contributed by atoms with van der Waals surface area (Å²) in [6.07, 6.45) is 0.938. The highest BCUT2D eigenvalue weighted by molar-refractivity contribution is 8.03. The molecule has 6 nitrogen and oxygen atoms in total. The second-order valence-corrected chi connectivity index (χ2v) is 9.97. The van der Waals surface area contributed by atoms with Crippen molar-refractivity contribution in [2.45, 2.75) is 13.8 Å². The smallest absolute Gasteiger partial charge is 0.257 e. The van der Waals surface area contributed by atoms with Crippen LogP contribution < -0.4 is 0 Å². The molecule has 1 aromatic carbocycles. The van der Waals surface area contributed by atoms with E-state index < -0.39 is 19.8 Å². The summed E-state index contributed by atoms with van der Waals surface area (Å²) < 4.78 is 38.2. The van der Waals surface area contributed by atoms with Gasteiger partial charge in [-0.25, -0.2) is 12.6 Å². The van der Waals surface area contributed by atoms with Crippen molar-refractivity contribution in [3.8, 4) is 0 Å². The summed E-state index contributed by atoms with van der Waals surface area (Å²) in [5.74, 6) is 0.0874. The van der Waals surface area contributed by atoms with Crippen LogP contribution in [0.3, 0.4) is 0 Å². The number of carbonyl (C=O) groups is 1. The maximum absolute atomic E-state index is 12.6. The van der Waals surface area contributed by atoms with Gasteiger partial charge in [0, 0.05) is 18.7 Å². The Morgan fingerprint density at radius 3 is 2.14 bits per heavy atom. The van der Waals surface area contributed by atoms with Crippen molar-refractivity contribution in [1.82, 2.24) is 4.90 Å². The number of benzene rings is 1. The van der Waals surface area contributed by atoms with Crippen LogP contribution in [0.25, 0.3) is 0 Å². The molecule has 1 fully saturated rings. The number of nitrogens with zero attached hydrogens (tertiary/aromatic N) is 2. The molecule has 0 spiro atoms. The van der Waals surface area contributed by atoms with Gasteiger partial charge >= 0.3 is 0 Å². The lowest BCUT2D eigenvalue weighted by atomic mass is 10.0. The van der Waals surface area contributed by atoms with Crippen molar-refractivity contribution >= 4 is 25.7 Å². The Balaban J connectivity index is 2.21. The highest BCUT2D eigenvalue weighted by Gasteiger charge is 2.27. The molecule has 0 radical (unpaired) electrons. The van der Waals surface area contributed by atoms with Gasteiger partial charge in [0.05, 0.1) is 27.5 Å². The second-order valence-electron chi connectivity index (χ2n) is 5.55. The molecular weight excluding hydrogens is 324 g/mol. The largest absolute Gasteiger partial charge is 0.337 e. The van der Waals surface area contributed by atoms with Crippen LogP contribution >= 0.6 is 0 Å². The zero-order valence-corrected chi connectivity index (χ0v) is 14.5. The molecule has 0 atom stereocenters. The highest BCUT2D eigenvalue weighted by atomic mass is 32.3. The fraction of sp³-hybridized carbons (Fsp3) is 0.500. The average molecular weight is 344 g/mol. The van der Waals surface area contributed by atoms with Crippen LogP contribution in [0.1, 0.15) is 21.5 Å². The average Bonchev–Trinajstić information content (AvgIpc) is 2.36. The minimum Gasteiger partial charge on any atom is -0.337 e. The van der Waals surface area contributed by atoms with Crippen molar-refractivity contribution in [3.63, 3.8) is 0 Å². The first-order valence-corrected chi connectivity index (χ1v) is 10.6. The van der Waals surface area contributed by atoms with Gasteiger partial charge in [-0.3, -0.25) is 4.79 Å². The molecule has 1 aromatic rings. The van der Waals surface area contributed by atoms with Gasteiger partial charge in [-0.05, 0) is 25.0 Å². The van der Waals surface area contributed by atoms with Crippen LogP contribution in [0.15, 0.2) is 22.0 Å². The zero-order chi connectivity index (χ0) is 16.5. The predicted octanol–water partition coefficient (Wildman–Crippen LogP) is 1.19. The fourth-order valence-electron chi connectivity index (χ4n) is 2.55. The molecule has 1 aliphatic rings. The lowest BCUT2D eigenvalue weighted by molar-refractivity contribution is 0.0769. The van der Waals surface area contributed by atoms with Crippen LogP contribution in [0.4, 0.5) is 0 Å². The van der Waals surface area contributed by atoms with E-state index in [0.717, 1.165) is 17.4 Å². The van der Waals surface area contributed by atoms with Crippen LogP contribution in [0.2, 0.25) is 0 Å². The molecule has 0 aliphatic carbocycles. The van der Waals surface area contributed by atoms with Gasteiger partial charge in [0.1, 0.15) is 0 Å². The van der Waals surface area contributed by atoms with Crippen LogP contribution in [0.5, 0.6) is 0 Å². The van der Waals surface area contributed by atoms with Crippen molar-refractivity contribution in [1.29, 1.82) is 0 Å². The van der Waals surface area contributed by atoms with E-state index in [1.807, 2.05) is 32.0 Å². The number of hydrogen-bond acceptors (Lipinski definition) is 4. The molecule has 0 N–H and O–H groups in total. The first-order chi connectivity index (χ1) is 10.1. The van der Waals surface area contributed by atoms with Crippen molar-refractivity contribution < 1.29 is 17.4 Å². The van der Waals surface area contributed by atoms with E-state index in [4.69, 9.17) is 0 Å². The maximum atomic E-state index is 12.6. The van der Waals surface area contributed by atoms with Gasteiger partial charge < -0.3 is 4.90 Å². The third kappa shape index (κ3) is 3.86. The first kappa shape index (κ1) is 17.0. The molecule has 0 bridgehead atoms. The minimum absolute atomic E-state index is 0.0940. The molecule has 8 heteroatoms. The number of sulfonamides is 1. The van der Waals surface area contributed by atoms with Gasteiger partial charge in [-0.2, -0.15) is 0 Å². The van der Waals surface area contributed by atoms with E-state index in [2.05, 4.69) is 3.77 Å². The monoisotopic (exact) mass is 344 g/mol. The highest BCUT2D eigenvalue weighted by Crippen LogP contribution is 2.18. The van der Waals surface area contributed by atoms with Crippen LogP contribution in [0, 0.1) is 13.8 Å². The molecule has 1 heterocycles. The lowest BCUT2D eigenvalue weighted by Crippen LogP contribution is -2.44. The van der Waals surface area contributed by atoms with Crippen molar-refractivity contribution in [3.05, 3.63) is 34.9 Å². The number of amides is 1. The SMILES string of the molecule is Cc1cccc(C)c1C(=O)N1CCS(=O)(=NS(C)(=O)=O)CC1. The van der Waals surface area contributed by atoms with Crippen molar-refractivity contribution in [2.24, 2.45) is 3.77 Å². The Morgan fingerprint density at radius 2 is 1.68 bits per heavy atom. The molecule has 1 amide bonds.